The number of anilines is 2. The van der Waals surface area contributed by atoms with Crippen molar-refractivity contribution in [3.8, 4) is 11.3 Å². The molecule has 158 valence electrons. The van der Waals surface area contributed by atoms with Gasteiger partial charge in [-0.25, -0.2) is 23.4 Å². The largest absolute Gasteiger partial charge is 0.324 e. The Morgan fingerprint density at radius 2 is 1.77 bits per heavy atom. The third-order valence-electron chi connectivity index (χ3n) is 5.00. The minimum absolute atomic E-state index is 0.313. The Balaban J connectivity index is 1.36. The van der Waals surface area contributed by atoms with E-state index in [2.05, 4.69) is 20.3 Å². The van der Waals surface area contributed by atoms with Crippen LogP contribution in [-0.4, -0.2) is 52.3 Å². The van der Waals surface area contributed by atoms with E-state index in [4.69, 9.17) is 0 Å². The Labute approximate surface area is 188 Å². The van der Waals surface area contributed by atoms with Crippen molar-refractivity contribution in [2.24, 2.45) is 0 Å². The first-order chi connectivity index (χ1) is 15.1. The van der Waals surface area contributed by atoms with Crippen LogP contribution in [0.15, 0.2) is 65.1 Å². The van der Waals surface area contributed by atoms with E-state index in [9.17, 15) is 8.42 Å². The molecule has 0 unspecified atom stereocenters. The highest BCUT2D eigenvalue weighted by atomic mass is 32.2. The monoisotopic (exact) mass is 469 g/mol. The van der Waals surface area contributed by atoms with Gasteiger partial charge in [0, 0.05) is 42.0 Å². The molecule has 1 fully saturated rings. The van der Waals surface area contributed by atoms with Gasteiger partial charge in [0.25, 0.3) is 0 Å². The second-order valence-corrected chi connectivity index (χ2v) is 11.0. The topological polar surface area (TPSA) is 88.1 Å². The van der Waals surface area contributed by atoms with Crippen molar-refractivity contribution in [1.29, 1.82) is 0 Å². The lowest BCUT2D eigenvalue weighted by molar-refractivity contribution is 0.443. The van der Waals surface area contributed by atoms with Crippen molar-refractivity contribution in [3.05, 3.63) is 60.2 Å². The highest BCUT2D eigenvalue weighted by Crippen LogP contribution is 2.26. The van der Waals surface area contributed by atoms with E-state index in [0.717, 1.165) is 38.7 Å². The summed E-state index contributed by atoms with van der Waals surface area (Å²) in [4.78, 5) is 13.5. The first-order valence-corrected chi connectivity index (χ1v) is 13.2. The van der Waals surface area contributed by atoms with E-state index in [0.29, 0.717) is 23.9 Å². The van der Waals surface area contributed by atoms with Gasteiger partial charge in [0.05, 0.1) is 26.3 Å². The molecule has 1 aliphatic rings. The van der Waals surface area contributed by atoms with Crippen LogP contribution in [0.1, 0.15) is 0 Å². The number of rotatable bonds is 5. The van der Waals surface area contributed by atoms with Crippen molar-refractivity contribution in [2.45, 2.75) is 4.90 Å². The molecule has 1 saturated heterocycles. The van der Waals surface area contributed by atoms with E-state index in [1.165, 1.54) is 0 Å². The van der Waals surface area contributed by atoms with Crippen molar-refractivity contribution in [1.82, 2.24) is 19.3 Å². The summed E-state index contributed by atoms with van der Waals surface area (Å²) in [6, 6.07) is 14.6. The Morgan fingerprint density at radius 1 is 0.968 bits per heavy atom. The first kappa shape index (κ1) is 20.4. The Bertz CT molecular complexity index is 1320. The minimum atomic E-state index is -3.45. The predicted molar refractivity (Wildman–Crippen MR) is 126 cm³/mol. The van der Waals surface area contributed by atoms with Gasteiger partial charge in [-0.1, -0.05) is 12.1 Å². The predicted octanol–water partition coefficient (Wildman–Crippen LogP) is 4.23. The maximum Gasteiger partial charge on any atom is 0.243 e. The summed E-state index contributed by atoms with van der Waals surface area (Å²) in [6.07, 6.45) is 1.69. The molecule has 5 rings (SSSR count). The quantitative estimate of drug-likeness (QED) is 0.468. The lowest BCUT2D eigenvalue weighted by Crippen LogP contribution is -2.37. The zero-order chi connectivity index (χ0) is 21.3. The summed E-state index contributed by atoms with van der Waals surface area (Å²) in [5, 5.41) is 3.23. The number of benzene rings is 2. The Morgan fingerprint density at radius 3 is 2.58 bits per heavy atom. The number of hydrogen-bond donors (Lipinski definition) is 1. The Kier molecular flexibility index (Phi) is 5.61. The molecule has 0 spiro atoms. The first-order valence-electron chi connectivity index (χ1n) is 9.71. The molecule has 31 heavy (non-hydrogen) atoms. The fraction of sp³-hybridized carbons (Fsp3) is 0.190. The van der Waals surface area contributed by atoms with Crippen LogP contribution in [-0.2, 0) is 10.0 Å². The normalized spacial score (nSPS) is 15.2. The number of aromatic nitrogens is 3. The van der Waals surface area contributed by atoms with Crippen LogP contribution in [0.2, 0.25) is 0 Å². The zero-order valence-electron chi connectivity index (χ0n) is 16.4. The molecule has 0 atom stereocenters. The van der Waals surface area contributed by atoms with Gasteiger partial charge < -0.3 is 5.32 Å². The van der Waals surface area contributed by atoms with E-state index in [-0.39, 0.29) is 0 Å². The maximum atomic E-state index is 12.8. The van der Waals surface area contributed by atoms with Crippen LogP contribution in [0.3, 0.4) is 0 Å². The molecule has 2 aromatic carbocycles. The van der Waals surface area contributed by atoms with Crippen LogP contribution >= 0.6 is 23.1 Å². The van der Waals surface area contributed by atoms with Gasteiger partial charge in [-0.3, -0.25) is 0 Å². The molecule has 2 aromatic heterocycles. The van der Waals surface area contributed by atoms with Crippen molar-refractivity contribution in [3.63, 3.8) is 0 Å². The molecule has 1 N–H and O–H groups in total. The molecule has 0 amide bonds. The molecule has 1 aliphatic heterocycles. The van der Waals surface area contributed by atoms with Gasteiger partial charge in [0.15, 0.2) is 0 Å². The van der Waals surface area contributed by atoms with Crippen molar-refractivity contribution >= 4 is 55.0 Å². The number of hydrogen-bond acceptors (Lipinski definition) is 8. The molecule has 4 aromatic rings. The van der Waals surface area contributed by atoms with E-state index >= 15 is 0 Å². The number of nitrogens with zero attached hydrogens (tertiary/aromatic N) is 4. The number of thioether (sulfide) groups is 1. The lowest BCUT2D eigenvalue weighted by Gasteiger charge is -2.25. The van der Waals surface area contributed by atoms with Gasteiger partial charge >= 0.3 is 0 Å². The molecule has 0 bridgehead atoms. The molecule has 7 nitrogen and oxygen atoms in total. The summed E-state index contributed by atoms with van der Waals surface area (Å²) in [5.41, 5.74) is 5.21. The van der Waals surface area contributed by atoms with Crippen LogP contribution in [0, 0.1) is 0 Å². The third-order valence-corrected chi connectivity index (χ3v) is 8.65. The van der Waals surface area contributed by atoms with Gasteiger partial charge in [-0.15, -0.1) is 11.3 Å². The summed E-state index contributed by atoms with van der Waals surface area (Å²) in [7, 11) is -3.45. The Hall–Kier alpha value is -2.53. The summed E-state index contributed by atoms with van der Waals surface area (Å²) >= 11 is 3.36. The molecule has 0 radical (unpaired) electrons. The lowest BCUT2D eigenvalue weighted by atomic mass is 10.1. The van der Waals surface area contributed by atoms with Crippen LogP contribution in [0.5, 0.6) is 0 Å². The molecular formula is C21H19N5O2S3. The average molecular weight is 470 g/mol. The smallest absolute Gasteiger partial charge is 0.243 e. The standard InChI is InChI=1S/C21H19N5O2S3/c27-31(28,26-9-11-29-12-10-26)17-4-1-15(2-5-17)18-7-8-22-21(25-18)24-16-3-6-19-20(13-16)30-14-23-19/h1-8,13-14H,9-12H2,(H,22,24,25). The number of sulfonamides is 1. The summed E-state index contributed by atoms with van der Waals surface area (Å²) < 4.78 is 28.3. The number of nitrogens with one attached hydrogen (secondary N) is 1. The molecule has 0 saturated carbocycles. The molecule has 10 heteroatoms. The average Bonchev–Trinajstić information content (AvgIpc) is 3.28. The van der Waals surface area contributed by atoms with Crippen molar-refractivity contribution < 1.29 is 8.42 Å². The van der Waals surface area contributed by atoms with E-state index in [1.807, 2.05) is 29.8 Å². The SMILES string of the molecule is O=S(=O)(c1ccc(-c2ccnc(Nc3ccc4ncsc4c3)n2)cc1)N1CCSCC1. The zero-order valence-corrected chi connectivity index (χ0v) is 18.9. The molecule has 3 heterocycles. The van der Waals surface area contributed by atoms with Crippen molar-refractivity contribution in [2.75, 3.05) is 29.9 Å². The second kappa shape index (κ2) is 8.54. The molecule has 0 aliphatic carbocycles. The van der Waals surface area contributed by atoms with E-state index < -0.39 is 10.0 Å². The van der Waals surface area contributed by atoms with Crippen LogP contribution < -0.4 is 5.32 Å². The van der Waals surface area contributed by atoms with Gasteiger partial charge in [-0.05, 0) is 36.4 Å². The highest BCUT2D eigenvalue weighted by molar-refractivity contribution is 7.99. The molecular weight excluding hydrogens is 450 g/mol. The van der Waals surface area contributed by atoms with Gasteiger partial charge in [0.1, 0.15) is 0 Å². The number of fused-ring (bicyclic) bond motifs is 1. The van der Waals surface area contributed by atoms with Crippen LogP contribution in [0.25, 0.3) is 21.5 Å². The van der Waals surface area contributed by atoms with Gasteiger partial charge in [0.2, 0.25) is 16.0 Å². The highest BCUT2D eigenvalue weighted by Gasteiger charge is 2.26. The number of thiazole rings is 1. The van der Waals surface area contributed by atoms with E-state index in [1.54, 1.807) is 57.9 Å². The summed E-state index contributed by atoms with van der Waals surface area (Å²) in [6.45, 7) is 1.12. The third kappa shape index (κ3) is 4.29. The maximum absolute atomic E-state index is 12.8. The van der Waals surface area contributed by atoms with Gasteiger partial charge in [-0.2, -0.15) is 16.1 Å². The fourth-order valence-corrected chi connectivity index (χ4v) is 6.67. The van der Waals surface area contributed by atoms with Crippen LogP contribution in [0.4, 0.5) is 11.6 Å². The minimum Gasteiger partial charge on any atom is -0.324 e. The summed E-state index contributed by atoms with van der Waals surface area (Å²) in [5.74, 6) is 2.15. The second-order valence-electron chi connectivity index (χ2n) is 6.97. The fourth-order valence-electron chi connectivity index (χ4n) is 3.38.